The number of carbonyl (C=O) groups excluding carboxylic acids is 1. The van der Waals surface area contributed by atoms with Crippen LogP contribution in [0.5, 0.6) is 5.75 Å². The number of fused-ring (bicyclic) bond motifs is 2. The molecule has 3 heteroatoms. The third-order valence-electron chi connectivity index (χ3n) is 4.07. The minimum absolute atomic E-state index is 0.0876. The standard InChI is InChI=1S/C17H15NO2/c19-17(14-5-6-16-13(11-14)8-10-20-16)18-9-7-12-3-1-2-4-15(12)18/h1-6,11H,7-10H2. The zero-order valence-electron chi connectivity index (χ0n) is 11.1. The van der Waals surface area contributed by atoms with E-state index in [1.54, 1.807) is 0 Å². The van der Waals surface area contributed by atoms with Crippen molar-refractivity contribution in [3.8, 4) is 5.75 Å². The summed E-state index contributed by atoms with van der Waals surface area (Å²) in [6, 6.07) is 13.9. The first-order chi connectivity index (χ1) is 9.83. The lowest BCUT2D eigenvalue weighted by molar-refractivity contribution is 0.0989. The van der Waals surface area contributed by atoms with Gasteiger partial charge in [-0.15, -0.1) is 0 Å². The van der Waals surface area contributed by atoms with Gasteiger partial charge in [0.1, 0.15) is 5.75 Å². The SMILES string of the molecule is O=C(c1ccc2c(c1)CCO2)N1CCc2ccccc21. The summed E-state index contributed by atoms with van der Waals surface area (Å²) in [5.74, 6) is 1.01. The van der Waals surface area contributed by atoms with E-state index >= 15 is 0 Å². The molecule has 2 aromatic rings. The highest BCUT2D eigenvalue weighted by molar-refractivity contribution is 6.07. The fourth-order valence-corrected chi connectivity index (χ4v) is 3.02. The Morgan fingerprint density at radius 1 is 1.05 bits per heavy atom. The van der Waals surface area contributed by atoms with Gasteiger partial charge in [-0.25, -0.2) is 0 Å². The molecule has 4 rings (SSSR count). The third-order valence-corrected chi connectivity index (χ3v) is 4.07. The van der Waals surface area contributed by atoms with Gasteiger partial charge in [-0.1, -0.05) is 18.2 Å². The van der Waals surface area contributed by atoms with Crippen LogP contribution < -0.4 is 9.64 Å². The smallest absolute Gasteiger partial charge is 0.258 e. The Morgan fingerprint density at radius 3 is 2.90 bits per heavy atom. The molecule has 1 amide bonds. The lowest BCUT2D eigenvalue weighted by Gasteiger charge is -2.17. The summed E-state index contributed by atoms with van der Waals surface area (Å²) < 4.78 is 5.49. The van der Waals surface area contributed by atoms with E-state index in [2.05, 4.69) is 6.07 Å². The van der Waals surface area contributed by atoms with Gasteiger partial charge in [-0.2, -0.15) is 0 Å². The van der Waals surface area contributed by atoms with E-state index in [-0.39, 0.29) is 5.91 Å². The van der Waals surface area contributed by atoms with Gasteiger partial charge >= 0.3 is 0 Å². The molecule has 2 heterocycles. The molecule has 0 saturated carbocycles. The zero-order valence-corrected chi connectivity index (χ0v) is 11.1. The highest BCUT2D eigenvalue weighted by atomic mass is 16.5. The topological polar surface area (TPSA) is 29.5 Å². The maximum atomic E-state index is 12.7. The van der Waals surface area contributed by atoms with Crippen LogP contribution in [0.3, 0.4) is 0 Å². The molecule has 20 heavy (non-hydrogen) atoms. The molecule has 0 fully saturated rings. The van der Waals surface area contributed by atoms with E-state index in [1.807, 2.05) is 41.3 Å². The van der Waals surface area contributed by atoms with Crippen LogP contribution in [0.15, 0.2) is 42.5 Å². The summed E-state index contributed by atoms with van der Waals surface area (Å²) in [4.78, 5) is 14.6. The van der Waals surface area contributed by atoms with Gasteiger partial charge in [0.05, 0.1) is 6.61 Å². The Morgan fingerprint density at radius 2 is 1.95 bits per heavy atom. The Balaban J connectivity index is 1.68. The second kappa shape index (κ2) is 4.37. The van der Waals surface area contributed by atoms with Crippen LogP contribution in [0.25, 0.3) is 0 Å². The molecule has 0 aliphatic carbocycles. The van der Waals surface area contributed by atoms with Gasteiger partial charge in [0.2, 0.25) is 0 Å². The highest BCUT2D eigenvalue weighted by Crippen LogP contribution is 2.31. The Bertz CT molecular complexity index is 693. The molecular formula is C17H15NO2. The first-order valence-corrected chi connectivity index (χ1v) is 6.98. The number of amides is 1. The van der Waals surface area contributed by atoms with Crippen molar-refractivity contribution < 1.29 is 9.53 Å². The minimum atomic E-state index is 0.0876. The number of hydrogen-bond donors (Lipinski definition) is 0. The van der Waals surface area contributed by atoms with Crippen LogP contribution >= 0.6 is 0 Å². The van der Waals surface area contributed by atoms with Gasteiger partial charge in [-0.05, 0) is 41.8 Å². The zero-order chi connectivity index (χ0) is 13.5. The van der Waals surface area contributed by atoms with E-state index in [1.165, 1.54) is 5.56 Å². The lowest BCUT2D eigenvalue weighted by Crippen LogP contribution is -2.28. The fraction of sp³-hybridized carbons (Fsp3) is 0.235. The van der Waals surface area contributed by atoms with Gasteiger partial charge in [0.25, 0.3) is 5.91 Å². The number of nitrogens with zero attached hydrogens (tertiary/aromatic N) is 1. The number of rotatable bonds is 1. The van der Waals surface area contributed by atoms with Gasteiger partial charge in [0.15, 0.2) is 0 Å². The lowest BCUT2D eigenvalue weighted by atomic mass is 10.1. The summed E-state index contributed by atoms with van der Waals surface area (Å²) in [7, 11) is 0. The second-order valence-electron chi connectivity index (χ2n) is 5.26. The first kappa shape index (κ1) is 11.5. The molecule has 2 aromatic carbocycles. The van der Waals surface area contributed by atoms with Crippen molar-refractivity contribution in [1.82, 2.24) is 0 Å². The number of carbonyl (C=O) groups is 1. The van der Waals surface area contributed by atoms with Crippen LogP contribution in [0.4, 0.5) is 5.69 Å². The summed E-state index contributed by atoms with van der Waals surface area (Å²) >= 11 is 0. The van der Waals surface area contributed by atoms with Crippen molar-refractivity contribution in [2.24, 2.45) is 0 Å². The number of hydrogen-bond acceptors (Lipinski definition) is 2. The van der Waals surface area contributed by atoms with Crippen molar-refractivity contribution >= 4 is 11.6 Å². The summed E-state index contributed by atoms with van der Waals surface area (Å²) in [5, 5.41) is 0. The summed E-state index contributed by atoms with van der Waals surface area (Å²) in [6.07, 6.45) is 1.84. The van der Waals surface area contributed by atoms with E-state index < -0.39 is 0 Å². The molecule has 0 bridgehead atoms. The molecular weight excluding hydrogens is 250 g/mol. The monoisotopic (exact) mass is 265 g/mol. The quantitative estimate of drug-likeness (QED) is 0.793. The van der Waals surface area contributed by atoms with E-state index in [0.29, 0.717) is 0 Å². The molecule has 0 spiro atoms. The predicted molar refractivity (Wildman–Crippen MR) is 77.5 cm³/mol. The predicted octanol–water partition coefficient (Wildman–Crippen LogP) is 2.82. The fourth-order valence-electron chi connectivity index (χ4n) is 3.02. The Hall–Kier alpha value is -2.29. The maximum Gasteiger partial charge on any atom is 0.258 e. The number of anilines is 1. The molecule has 0 saturated heterocycles. The van der Waals surface area contributed by atoms with Crippen LogP contribution in [0.1, 0.15) is 21.5 Å². The van der Waals surface area contributed by atoms with E-state index in [9.17, 15) is 4.79 Å². The minimum Gasteiger partial charge on any atom is -0.493 e. The highest BCUT2D eigenvalue weighted by Gasteiger charge is 2.26. The molecule has 0 radical (unpaired) electrons. The summed E-state index contributed by atoms with van der Waals surface area (Å²) in [5.41, 5.74) is 4.20. The van der Waals surface area contributed by atoms with E-state index in [4.69, 9.17) is 4.74 Å². The van der Waals surface area contributed by atoms with Crippen molar-refractivity contribution in [2.75, 3.05) is 18.1 Å². The molecule has 0 N–H and O–H groups in total. The van der Waals surface area contributed by atoms with Crippen molar-refractivity contribution in [3.63, 3.8) is 0 Å². The van der Waals surface area contributed by atoms with Crippen LogP contribution in [-0.2, 0) is 12.8 Å². The van der Waals surface area contributed by atoms with Crippen LogP contribution in [-0.4, -0.2) is 19.1 Å². The molecule has 3 nitrogen and oxygen atoms in total. The molecule has 0 aromatic heterocycles. The Labute approximate surface area is 117 Å². The number of ether oxygens (including phenoxy) is 1. The molecule has 0 unspecified atom stereocenters. The second-order valence-corrected chi connectivity index (χ2v) is 5.26. The van der Waals surface area contributed by atoms with Gasteiger partial charge in [-0.3, -0.25) is 4.79 Å². The van der Waals surface area contributed by atoms with Gasteiger partial charge in [0, 0.05) is 24.2 Å². The average molecular weight is 265 g/mol. The molecule has 2 aliphatic rings. The summed E-state index contributed by atoms with van der Waals surface area (Å²) in [6.45, 7) is 1.49. The first-order valence-electron chi connectivity index (χ1n) is 6.98. The van der Waals surface area contributed by atoms with Gasteiger partial charge < -0.3 is 9.64 Å². The largest absolute Gasteiger partial charge is 0.493 e. The van der Waals surface area contributed by atoms with Crippen molar-refractivity contribution in [2.45, 2.75) is 12.8 Å². The average Bonchev–Trinajstić information content (AvgIpc) is 3.12. The molecule has 0 atom stereocenters. The maximum absolute atomic E-state index is 12.7. The molecule has 2 aliphatic heterocycles. The molecule has 100 valence electrons. The van der Waals surface area contributed by atoms with Crippen LogP contribution in [0.2, 0.25) is 0 Å². The Kier molecular flexibility index (Phi) is 2.52. The van der Waals surface area contributed by atoms with Crippen molar-refractivity contribution in [1.29, 1.82) is 0 Å². The van der Waals surface area contributed by atoms with Crippen molar-refractivity contribution in [3.05, 3.63) is 59.2 Å². The van der Waals surface area contributed by atoms with Crippen LogP contribution in [0, 0.1) is 0 Å². The van der Waals surface area contributed by atoms with E-state index in [0.717, 1.165) is 48.6 Å². The normalized spacial score (nSPS) is 15.7. The third kappa shape index (κ3) is 1.70. The number of para-hydroxylation sites is 1. The number of benzene rings is 2.